The standard InChI is InChI=1S/C15H18N2O7S/c1-9(14(18)16-11-3-4-11)24-15(19)10(2)25(22,23)13-7-5-12(6-8-13)17(20)21/h5-11H,3-4H2,1-2H3,(H,16,18)/t9-,10+/m0/s1. The summed E-state index contributed by atoms with van der Waals surface area (Å²) in [4.78, 5) is 33.6. The van der Waals surface area contributed by atoms with E-state index in [2.05, 4.69) is 5.32 Å². The lowest BCUT2D eigenvalue weighted by atomic mass is 10.3. The molecular weight excluding hydrogens is 352 g/mol. The van der Waals surface area contributed by atoms with Crippen LogP contribution in [0.5, 0.6) is 0 Å². The van der Waals surface area contributed by atoms with Crippen LogP contribution in [-0.4, -0.2) is 42.6 Å². The van der Waals surface area contributed by atoms with Gasteiger partial charge in [0.15, 0.2) is 21.2 Å². The summed E-state index contributed by atoms with van der Waals surface area (Å²) < 4.78 is 29.8. The molecule has 1 aromatic rings. The van der Waals surface area contributed by atoms with Gasteiger partial charge in [0.1, 0.15) is 0 Å². The number of hydrogen-bond donors (Lipinski definition) is 1. The van der Waals surface area contributed by atoms with E-state index in [1.54, 1.807) is 0 Å². The molecule has 0 unspecified atom stereocenters. The summed E-state index contributed by atoms with van der Waals surface area (Å²) in [5.41, 5.74) is -0.264. The molecule has 0 saturated heterocycles. The van der Waals surface area contributed by atoms with Crippen LogP contribution in [0.4, 0.5) is 5.69 Å². The highest BCUT2D eigenvalue weighted by Crippen LogP contribution is 2.21. The van der Waals surface area contributed by atoms with Gasteiger partial charge >= 0.3 is 5.97 Å². The molecule has 2 rings (SSSR count). The number of nitrogens with one attached hydrogen (secondary N) is 1. The molecule has 1 fully saturated rings. The van der Waals surface area contributed by atoms with Crippen LogP contribution in [0.2, 0.25) is 0 Å². The Hall–Kier alpha value is -2.49. The van der Waals surface area contributed by atoms with Crippen LogP contribution in [-0.2, 0) is 24.2 Å². The van der Waals surface area contributed by atoms with E-state index in [9.17, 15) is 28.1 Å². The highest BCUT2D eigenvalue weighted by atomic mass is 32.2. The van der Waals surface area contributed by atoms with Crippen molar-refractivity contribution in [2.45, 2.75) is 49.0 Å². The molecule has 25 heavy (non-hydrogen) atoms. The second-order valence-corrected chi connectivity index (χ2v) is 8.07. The van der Waals surface area contributed by atoms with Crippen molar-refractivity contribution in [2.24, 2.45) is 0 Å². The first-order valence-electron chi connectivity index (χ1n) is 7.62. The summed E-state index contributed by atoms with van der Waals surface area (Å²) in [6, 6.07) is 4.28. The van der Waals surface area contributed by atoms with E-state index in [0.29, 0.717) is 0 Å². The molecule has 0 aromatic heterocycles. The lowest BCUT2D eigenvalue weighted by Crippen LogP contribution is -2.40. The average Bonchev–Trinajstić information content (AvgIpc) is 3.37. The molecule has 1 aliphatic carbocycles. The summed E-state index contributed by atoms with van der Waals surface area (Å²) >= 11 is 0. The maximum atomic E-state index is 12.4. The van der Waals surface area contributed by atoms with E-state index >= 15 is 0 Å². The van der Waals surface area contributed by atoms with E-state index in [1.807, 2.05) is 0 Å². The second kappa shape index (κ2) is 7.18. The van der Waals surface area contributed by atoms with Crippen molar-refractivity contribution >= 4 is 27.4 Å². The minimum Gasteiger partial charge on any atom is -0.452 e. The minimum atomic E-state index is -4.09. The molecule has 1 aromatic carbocycles. The first-order chi connectivity index (χ1) is 11.6. The Morgan fingerprint density at radius 3 is 2.28 bits per heavy atom. The first-order valence-corrected chi connectivity index (χ1v) is 9.16. The third-order valence-corrected chi connectivity index (χ3v) is 5.81. The summed E-state index contributed by atoms with van der Waals surface area (Å²) in [7, 11) is -4.09. The number of hydrogen-bond acceptors (Lipinski definition) is 7. The third kappa shape index (κ3) is 4.53. The zero-order valence-electron chi connectivity index (χ0n) is 13.7. The predicted molar refractivity (Wildman–Crippen MR) is 86.5 cm³/mol. The molecule has 2 atom stereocenters. The van der Waals surface area contributed by atoms with Crippen molar-refractivity contribution in [1.82, 2.24) is 5.32 Å². The molecule has 9 nitrogen and oxygen atoms in total. The molecule has 1 saturated carbocycles. The van der Waals surface area contributed by atoms with Gasteiger partial charge in [0.05, 0.1) is 9.82 Å². The topological polar surface area (TPSA) is 133 Å². The Kier molecular flexibility index (Phi) is 5.41. The van der Waals surface area contributed by atoms with E-state index in [-0.39, 0.29) is 16.6 Å². The average molecular weight is 370 g/mol. The zero-order chi connectivity index (χ0) is 18.8. The van der Waals surface area contributed by atoms with Crippen molar-refractivity contribution in [3.8, 4) is 0 Å². The lowest BCUT2D eigenvalue weighted by Gasteiger charge is -2.17. The Morgan fingerprint density at radius 2 is 1.80 bits per heavy atom. The zero-order valence-corrected chi connectivity index (χ0v) is 14.5. The SMILES string of the molecule is C[C@H](OC(=O)[C@@H](C)S(=O)(=O)c1ccc([N+](=O)[O-])cc1)C(=O)NC1CC1. The molecule has 0 bridgehead atoms. The van der Waals surface area contributed by atoms with E-state index in [4.69, 9.17) is 4.74 Å². The van der Waals surface area contributed by atoms with Crippen LogP contribution in [0.1, 0.15) is 26.7 Å². The lowest BCUT2D eigenvalue weighted by molar-refractivity contribution is -0.384. The number of carbonyl (C=O) groups excluding carboxylic acids is 2. The number of nitrogens with zero attached hydrogens (tertiary/aromatic N) is 1. The number of amides is 1. The predicted octanol–water partition coefficient (Wildman–Crippen LogP) is 0.967. The van der Waals surface area contributed by atoms with Gasteiger partial charge in [-0.3, -0.25) is 19.7 Å². The van der Waals surface area contributed by atoms with E-state index < -0.39 is 38.0 Å². The van der Waals surface area contributed by atoms with Gasteiger partial charge in [-0.15, -0.1) is 0 Å². The molecule has 136 valence electrons. The first kappa shape index (κ1) is 18.8. The monoisotopic (exact) mass is 370 g/mol. The number of ether oxygens (including phenoxy) is 1. The number of carbonyl (C=O) groups is 2. The van der Waals surface area contributed by atoms with Crippen molar-refractivity contribution in [3.05, 3.63) is 34.4 Å². The summed E-state index contributed by atoms with van der Waals surface area (Å²) in [6.07, 6.45) is 0.636. The number of nitro benzene ring substituents is 1. The Balaban J connectivity index is 2.05. The molecule has 1 amide bonds. The number of non-ortho nitro benzene ring substituents is 1. The van der Waals surface area contributed by atoms with Gasteiger partial charge in [-0.25, -0.2) is 8.42 Å². The molecule has 0 spiro atoms. The maximum absolute atomic E-state index is 12.4. The van der Waals surface area contributed by atoms with Crippen LogP contribution >= 0.6 is 0 Å². The number of nitro groups is 1. The van der Waals surface area contributed by atoms with Crippen molar-refractivity contribution in [3.63, 3.8) is 0 Å². The summed E-state index contributed by atoms with van der Waals surface area (Å²) in [5.74, 6) is -1.53. The largest absolute Gasteiger partial charge is 0.452 e. The molecular formula is C15H18N2O7S. The van der Waals surface area contributed by atoms with E-state index in [0.717, 1.165) is 44.0 Å². The van der Waals surface area contributed by atoms with Crippen LogP contribution in [0.3, 0.4) is 0 Å². The molecule has 0 aliphatic heterocycles. The maximum Gasteiger partial charge on any atom is 0.325 e. The van der Waals surface area contributed by atoms with Crippen molar-refractivity contribution in [1.29, 1.82) is 0 Å². The van der Waals surface area contributed by atoms with Gasteiger partial charge in [0, 0.05) is 18.2 Å². The Morgan fingerprint density at radius 1 is 1.24 bits per heavy atom. The fourth-order valence-corrected chi connectivity index (χ4v) is 3.19. The normalized spacial score (nSPS) is 16.6. The molecule has 1 aliphatic rings. The fourth-order valence-electron chi connectivity index (χ4n) is 1.96. The van der Waals surface area contributed by atoms with Crippen LogP contribution in [0, 0.1) is 10.1 Å². The van der Waals surface area contributed by atoms with Gasteiger partial charge in [0.25, 0.3) is 11.6 Å². The van der Waals surface area contributed by atoms with Crippen molar-refractivity contribution in [2.75, 3.05) is 0 Å². The smallest absolute Gasteiger partial charge is 0.325 e. The minimum absolute atomic E-state index is 0.0925. The quantitative estimate of drug-likeness (QED) is 0.429. The third-order valence-electron chi connectivity index (χ3n) is 3.76. The van der Waals surface area contributed by atoms with Crippen LogP contribution < -0.4 is 5.32 Å². The van der Waals surface area contributed by atoms with Gasteiger partial charge in [-0.2, -0.15) is 0 Å². The number of esters is 1. The Bertz CT molecular complexity index is 785. The molecule has 10 heteroatoms. The van der Waals surface area contributed by atoms with Gasteiger partial charge in [-0.05, 0) is 38.8 Å². The fraction of sp³-hybridized carbons (Fsp3) is 0.467. The van der Waals surface area contributed by atoms with Gasteiger partial charge in [0.2, 0.25) is 0 Å². The van der Waals surface area contributed by atoms with Crippen LogP contribution in [0.25, 0.3) is 0 Å². The highest BCUT2D eigenvalue weighted by molar-refractivity contribution is 7.92. The van der Waals surface area contributed by atoms with Gasteiger partial charge in [-0.1, -0.05) is 0 Å². The number of benzene rings is 1. The summed E-state index contributed by atoms with van der Waals surface area (Å²) in [5, 5.41) is 11.7. The molecule has 0 heterocycles. The van der Waals surface area contributed by atoms with Crippen molar-refractivity contribution < 1.29 is 27.7 Å². The van der Waals surface area contributed by atoms with Gasteiger partial charge < -0.3 is 10.1 Å². The second-order valence-electron chi connectivity index (χ2n) is 5.80. The van der Waals surface area contributed by atoms with E-state index in [1.165, 1.54) is 6.92 Å². The summed E-state index contributed by atoms with van der Waals surface area (Å²) in [6.45, 7) is 2.51. The molecule has 1 N–H and O–H groups in total. The van der Waals surface area contributed by atoms with Crippen LogP contribution in [0.15, 0.2) is 29.2 Å². The molecule has 0 radical (unpaired) electrons. The highest BCUT2D eigenvalue weighted by Gasteiger charge is 2.34. The number of sulfone groups is 1. The number of rotatable bonds is 7. The Labute approximate surface area is 144 Å².